The zero-order chi connectivity index (χ0) is 23.6. The summed E-state index contributed by atoms with van der Waals surface area (Å²) in [5.41, 5.74) is 0.926. The predicted octanol–water partition coefficient (Wildman–Crippen LogP) is 3.04. The van der Waals surface area contributed by atoms with Gasteiger partial charge in [0.15, 0.2) is 5.78 Å². The van der Waals surface area contributed by atoms with Crippen molar-refractivity contribution in [1.29, 1.82) is 0 Å². The summed E-state index contributed by atoms with van der Waals surface area (Å²) in [6.45, 7) is 1.80. The lowest BCUT2D eigenvalue weighted by atomic mass is 9.91. The molecule has 4 rings (SSSR count). The van der Waals surface area contributed by atoms with E-state index >= 15 is 0 Å². The van der Waals surface area contributed by atoms with E-state index in [0.29, 0.717) is 5.56 Å². The number of carbonyl (C=O) groups is 4. The van der Waals surface area contributed by atoms with E-state index in [1.54, 1.807) is 55.5 Å². The van der Waals surface area contributed by atoms with E-state index in [1.807, 2.05) is 0 Å². The summed E-state index contributed by atoms with van der Waals surface area (Å²) in [5, 5.41) is 7.60. The van der Waals surface area contributed by atoms with E-state index in [-0.39, 0.29) is 29.0 Å². The molecule has 0 saturated carbocycles. The van der Waals surface area contributed by atoms with Gasteiger partial charge in [0.25, 0.3) is 11.8 Å². The third-order valence-corrected chi connectivity index (χ3v) is 5.55. The SMILES string of the molecule is CC1(c2ccc(CNC(=O)c3ccccc3C(=O)c3ccc(F)cc3)cc2)NC(=O)NC1=O. The summed E-state index contributed by atoms with van der Waals surface area (Å²) >= 11 is 0. The van der Waals surface area contributed by atoms with Crippen molar-refractivity contribution in [3.8, 4) is 0 Å². The molecule has 0 aromatic heterocycles. The van der Waals surface area contributed by atoms with Crippen molar-refractivity contribution >= 4 is 23.6 Å². The number of rotatable bonds is 6. The second-order valence-corrected chi connectivity index (χ2v) is 7.79. The quantitative estimate of drug-likeness (QED) is 0.401. The third-order valence-electron chi connectivity index (χ3n) is 5.55. The standard InChI is InChI=1S/C25H20FN3O4/c1-25(23(32)28-24(33)29-25)17-10-6-15(7-11-17)14-27-22(31)20-5-3-2-4-19(20)21(30)16-8-12-18(26)13-9-16/h2-13H,14H2,1H3,(H,27,31)(H2,28,29,32,33). The number of hydrogen-bond donors (Lipinski definition) is 3. The smallest absolute Gasteiger partial charge is 0.322 e. The lowest BCUT2D eigenvalue weighted by Gasteiger charge is -2.21. The minimum absolute atomic E-state index is 0.188. The molecule has 8 heteroatoms. The van der Waals surface area contributed by atoms with E-state index in [1.165, 1.54) is 24.3 Å². The highest BCUT2D eigenvalue weighted by atomic mass is 19.1. The van der Waals surface area contributed by atoms with Crippen molar-refractivity contribution in [3.63, 3.8) is 0 Å². The van der Waals surface area contributed by atoms with Crippen LogP contribution >= 0.6 is 0 Å². The molecule has 1 fully saturated rings. The first kappa shape index (κ1) is 21.9. The van der Waals surface area contributed by atoms with Gasteiger partial charge in [-0.15, -0.1) is 0 Å². The van der Waals surface area contributed by atoms with E-state index in [9.17, 15) is 23.6 Å². The summed E-state index contributed by atoms with van der Waals surface area (Å²) < 4.78 is 13.2. The fraction of sp³-hybridized carbons (Fsp3) is 0.120. The first-order valence-corrected chi connectivity index (χ1v) is 10.2. The summed E-state index contributed by atoms with van der Waals surface area (Å²) in [7, 11) is 0. The van der Waals surface area contributed by atoms with Crippen LogP contribution in [-0.2, 0) is 16.9 Å². The molecular formula is C25H20FN3O4. The van der Waals surface area contributed by atoms with Crippen LogP contribution in [0.1, 0.15) is 44.3 Å². The van der Waals surface area contributed by atoms with Gasteiger partial charge in [-0.3, -0.25) is 19.7 Å². The van der Waals surface area contributed by atoms with E-state index in [4.69, 9.17) is 0 Å². The monoisotopic (exact) mass is 445 g/mol. The van der Waals surface area contributed by atoms with Crippen molar-refractivity contribution in [2.24, 2.45) is 0 Å². The highest BCUT2D eigenvalue weighted by Crippen LogP contribution is 2.24. The lowest BCUT2D eigenvalue weighted by Crippen LogP contribution is -2.40. The Hall–Kier alpha value is -4.33. The fourth-order valence-corrected chi connectivity index (χ4v) is 3.62. The van der Waals surface area contributed by atoms with Gasteiger partial charge in [0.1, 0.15) is 11.4 Å². The zero-order valence-electron chi connectivity index (χ0n) is 17.6. The third kappa shape index (κ3) is 4.36. The van der Waals surface area contributed by atoms with E-state index < -0.39 is 29.2 Å². The maximum Gasteiger partial charge on any atom is 0.322 e. The maximum absolute atomic E-state index is 13.2. The topological polar surface area (TPSA) is 104 Å². The van der Waals surface area contributed by atoms with Crippen LogP contribution in [0.15, 0.2) is 72.8 Å². The van der Waals surface area contributed by atoms with Crippen LogP contribution in [0.3, 0.4) is 0 Å². The molecule has 4 amide bonds. The van der Waals surface area contributed by atoms with Crippen molar-refractivity contribution < 1.29 is 23.6 Å². The largest absolute Gasteiger partial charge is 0.348 e. The second-order valence-electron chi connectivity index (χ2n) is 7.79. The molecule has 3 aromatic rings. The number of ketones is 1. The molecule has 1 aliphatic heterocycles. The number of amides is 4. The van der Waals surface area contributed by atoms with Gasteiger partial charge >= 0.3 is 6.03 Å². The number of carbonyl (C=O) groups excluding carboxylic acids is 4. The molecule has 33 heavy (non-hydrogen) atoms. The van der Waals surface area contributed by atoms with Crippen LogP contribution < -0.4 is 16.0 Å². The molecule has 1 aliphatic rings. The molecule has 0 bridgehead atoms. The predicted molar refractivity (Wildman–Crippen MR) is 118 cm³/mol. The van der Waals surface area contributed by atoms with Crippen LogP contribution in [0.5, 0.6) is 0 Å². The molecule has 166 valence electrons. The highest BCUT2D eigenvalue weighted by Gasteiger charge is 2.43. The maximum atomic E-state index is 13.2. The van der Waals surface area contributed by atoms with E-state index in [0.717, 1.165) is 5.56 Å². The summed E-state index contributed by atoms with van der Waals surface area (Å²) in [4.78, 5) is 49.2. The van der Waals surface area contributed by atoms with Gasteiger partial charge in [0, 0.05) is 17.7 Å². The van der Waals surface area contributed by atoms with Gasteiger partial charge in [-0.2, -0.15) is 0 Å². The Morgan fingerprint density at radius 1 is 0.909 bits per heavy atom. The Morgan fingerprint density at radius 2 is 1.55 bits per heavy atom. The Kier molecular flexibility index (Phi) is 5.74. The summed E-state index contributed by atoms with van der Waals surface area (Å²) in [6.07, 6.45) is 0. The molecule has 3 N–H and O–H groups in total. The van der Waals surface area contributed by atoms with Gasteiger partial charge in [-0.25, -0.2) is 9.18 Å². The zero-order valence-corrected chi connectivity index (χ0v) is 17.6. The average molecular weight is 445 g/mol. The van der Waals surface area contributed by atoms with Gasteiger partial charge in [-0.1, -0.05) is 42.5 Å². The van der Waals surface area contributed by atoms with Gasteiger partial charge < -0.3 is 10.6 Å². The fourth-order valence-electron chi connectivity index (χ4n) is 3.62. The first-order chi connectivity index (χ1) is 15.8. The van der Waals surface area contributed by atoms with Crippen molar-refractivity contribution in [3.05, 3.63) is 106 Å². The van der Waals surface area contributed by atoms with Crippen LogP contribution in [0.4, 0.5) is 9.18 Å². The van der Waals surface area contributed by atoms with Crippen LogP contribution in [0, 0.1) is 5.82 Å². The summed E-state index contributed by atoms with van der Waals surface area (Å²) in [6, 6.07) is 17.9. The molecular weight excluding hydrogens is 425 g/mol. The normalized spacial score (nSPS) is 17.3. The molecule has 3 aromatic carbocycles. The number of hydrogen-bond acceptors (Lipinski definition) is 4. The van der Waals surface area contributed by atoms with Crippen molar-refractivity contribution in [2.75, 3.05) is 0 Å². The number of halogens is 1. The second kappa shape index (κ2) is 8.66. The molecule has 0 radical (unpaired) electrons. The van der Waals surface area contributed by atoms with E-state index in [2.05, 4.69) is 16.0 Å². The first-order valence-electron chi connectivity index (χ1n) is 10.2. The van der Waals surface area contributed by atoms with Crippen LogP contribution in [-0.4, -0.2) is 23.6 Å². The minimum atomic E-state index is -1.15. The van der Waals surface area contributed by atoms with Gasteiger partial charge in [-0.05, 0) is 48.4 Å². The van der Waals surface area contributed by atoms with Gasteiger partial charge in [0.05, 0.1) is 5.56 Å². The number of urea groups is 1. The average Bonchev–Trinajstić information content (AvgIpc) is 3.09. The molecule has 7 nitrogen and oxygen atoms in total. The Bertz CT molecular complexity index is 1260. The number of benzene rings is 3. The summed E-state index contributed by atoms with van der Waals surface area (Å²) in [5.74, 6) is -1.70. The van der Waals surface area contributed by atoms with Crippen molar-refractivity contribution in [2.45, 2.75) is 19.0 Å². The minimum Gasteiger partial charge on any atom is -0.348 e. The Morgan fingerprint density at radius 3 is 2.15 bits per heavy atom. The van der Waals surface area contributed by atoms with Gasteiger partial charge in [0.2, 0.25) is 0 Å². The molecule has 1 heterocycles. The highest BCUT2D eigenvalue weighted by molar-refractivity contribution is 6.15. The molecule has 1 unspecified atom stereocenters. The molecule has 1 atom stereocenters. The van der Waals surface area contributed by atoms with Crippen LogP contribution in [0.25, 0.3) is 0 Å². The van der Waals surface area contributed by atoms with Crippen molar-refractivity contribution in [1.82, 2.24) is 16.0 Å². The molecule has 1 saturated heterocycles. The van der Waals surface area contributed by atoms with Crippen LogP contribution in [0.2, 0.25) is 0 Å². The molecule has 0 aliphatic carbocycles. The molecule has 0 spiro atoms. The Labute approximate surface area is 189 Å². The number of imide groups is 1. The number of nitrogens with one attached hydrogen (secondary N) is 3. The lowest BCUT2D eigenvalue weighted by molar-refractivity contribution is -0.123. The Balaban J connectivity index is 1.47.